The standard InChI is InChI=1S/C26H23N3O2S/c1-2-6-22-7-5-8-23(29-22)14-11-20-12-15-24(16-13-20)32(30,31)28-19-21-17-18-27-26-10-4-3-9-25(21)26/h3-5,7-10,12-13,15-18,28H,2,6,19H2,1H3. The number of aryl methyl sites for hydroxylation is 1. The van der Waals surface area contributed by atoms with Gasteiger partial charge in [-0.25, -0.2) is 18.1 Å². The molecule has 0 aliphatic rings. The summed E-state index contributed by atoms with van der Waals surface area (Å²) in [5, 5.41) is 0.930. The van der Waals surface area contributed by atoms with Crippen LogP contribution in [-0.2, 0) is 23.0 Å². The van der Waals surface area contributed by atoms with Gasteiger partial charge in [0.15, 0.2) is 0 Å². The van der Waals surface area contributed by atoms with Crippen molar-refractivity contribution in [3.63, 3.8) is 0 Å². The van der Waals surface area contributed by atoms with Crippen LogP contribution in [0.25, 0.3) is 10.9 Å². The van der Waals surface area contributed by atoms with Gasteiger partial charge in [-0.3, -0.25) is 4.98 Å². The second-order valence-electron chi connectivity index (χ2n) is 7.35. The number of aromatic nitrogens is 2. The summed E-state index contributed by atoms with van der Waals surface area (Å²) in [6.07, 6.45) is 3.64. The minimum atomic E-state index is -3.65. The van der Waals surface area contributed by atoms with Gasteiger partial charge in [-0.15, -0.1) is 0 Å². The molecule has 0 unspecified atom stereocenters. The normalized spacial score (nSPS) is 11.2. The first-order chi connectivity index (χ1) is 15.5. The van der Waals surface area contributed by atoms with Gasteiger partial charge < -0.3 is 0 Å². The summed E-state index contributed by atoms with van der Waals surface area (Å²) >= 11 is 0. The fourth-order valence-corrected chi connectivity index (χ4v) is 4.37. The number of para-hydroxylation sites is 1. The van der Waals surface area contributed by atoms with Crippen molar-refractivity contribution in [2.24, 2.45) is 0 Å². The summed E-state index contributed by atoms with van der Waals surface area (Å²) in [5.41, 5.74) is 4.17. The molecular formula is C26H23N3O2S. The average molecular weight is 442 g/mol. The first-order valence-corrected chi connectivity index (χ1v) is 11.9. The van der Waals surface area contributed by atoms with Crippen LogP contribution in [0.1, 0.15) is 35.9 Å². The van der Waals surface area contributed by atoms with Crippen molar-refractivity contribution in [3.05, 3.63) is 102 Å². The van der Waals surface area contributed by atoms with Crippen molar-refractivity contribution in [2.45, 2.75) is 31.2 Å². The number of sulfonamides is 1. The Balaban J connectivity index is 1.47. The van der Waals surface area contributed by atoms with E-state index in [-0.39, 0.29) is 11.4 Å². The number of pyridine rings is 2. The third-order valence-corrected chi connectivity index (χ3v) is 6.42. The minimum Gasteiger partial charge on any atom is -0.256 e. The van der Waals surface area contributed by atoms with E-state index in [4.69, 9.17) is 0 Å². The third-order valence-electron chi connectivity index (χ3n) is 5.00. The maximum atomic E-state index is 12.8. The maximum absolute atomic E-state index is 12.8. The highest BCUT2D eigenvalue weighted by atomic mass is 32.2. The summed E-state index contributed by atoms with van der Waals surface area (Å²) < 4.78 is 28.2. The van der Waals surface area contributed by atoms with Gasteiger partial charge in [-0.2, -0.15) is 0 Å². The van der Waals surface area contributed by atoms with E-state index in [0.29, 0.717) is 5.69 Å². The van der Waals surface area contributed by atoms with Gasteiger partial charge in [0.05, 0.1) is 10.4 Å². The van der Waals surface area contributed by atoms with Gasteiger partial charge in [0.25, 0.3) is 0 Å². The van der Waals surface area contributed by atoms with Crippen molar-refractivity contribution in [3.8, 4) is 11.8 Å². The SMILES string of the molecule is CCCc1cccc(C#Cc2ccc(S(=O)(=O)NCc3ccnc4ccccc34)cc2)n1. The lowest BCUT2D eigenvalue weighted by molar-refractivity contribution is 0.581. The molecule has 4 aromatic rings. The zero-order chi connectivity index (χ0) is 22.4. The van der Waals surface area contributed by atoms with Crippen LogP contribution in [-0.4, -0.2) is 18.4 Å². The summed E-state index contributed by atoms with van der Waals surface area (Å²) in [7, 11) is -3.65. The number of hydrogen-bond donors (Lipinski definition) is 1. The number of hydrogen-bond acceptors (Lipinski definition) is 4. The van der Waals surface area contributed by atoms with Crippen molar-refractivity contribution < 1.29 is 8.42 Å². The smallest absolute Gasteiger partial charge is 0.240 e. The van der Waals surface area contributed by atoms with Crippen LogP contribution < -0.4 is 4.72 Å². The lowest BCUT2D eigenvalue weighted by Gasteiger charge is -2.09. The van der Waals surface area contributed by atoms with Crippen LogP contribution in [0.15, 0.2) is 83.9 Å². The van der Waals surface area contributed by atoms with Crippen LogP contribution in [0.4, 0.5) is 0 Å². The molecule has 6 heteroatoms. The number of fused-ring (bicyclic) bond motifs is 1. The molecule has 32 heavy (non-hydrogen) atoms. The molecule has 0 saturated carbocycles. The van der Waals surface area contributed by atoms with E-state index in [1.54, 1.807) is 30.5 Å². The van der Waals surface area contributed by atoms with E-state index in [1.807, 2.05) is 48.5 Å². The highest BCUT2D eigenvalue weighted by Gasteiger charge is 2.14. The van der Waals surface area contributed by atoms with Gasteiger partial charge in [0, 0.05) is 29.4 Å². The lowest BCUT2D eigenvalue weighted by Crippen LogP contribution is -2.23. The van der Waals surface area contributed by atoms with Gasteiger partial charge in [0.1, 0.15) is 5.69 Å². The maximum Gasteiger partial charge on any atom is 0.240 e. The van der Waals surface area contributed by atoms with E-state index in [9.17, 15) is 8.42 Å². The van der Waals surface area contributed by atoms with E-state index < -0.39 is 10.0 Å². The van der Waals surface area contributed by atoms with Crippen molar-refractivity contribution in [1.29, 1.82) is 0 Å². The minimum absolute atomic E-state index is 0.187. The number of benzene rings is 2. The summed E-state index contributed by atoms with van der Waals surface area (Å²) in [6.45, 7) is 2.30. The van der Waals surface area contributed by atoms with Crippen LogP contribution in [0.5, 0.6) is 0 Å². The Morgan fingerprint density at radius 3 is 2.53 bits per heavy atom. The Kier molecular flexibility index (Phi) is 6.60. The quantitative estimate of drug-likeness (QED) is 0.449. The molecule has 0 bridgehead atoms. The predicted octanol–water partition coefficient (Wildman–Crippen LogP) is 4.46. The van der Waals surface area contributed by atoms with Gasteiger partial charge in [-0.05, 0) is 66.4 Å². The van der Waals surface area contributed by atoms with Crippen LogP contribution in [0.2, 0.25) is 0 Å². The molecule has 2 heterocycles. The van der Waals surface area contributed by atoms with Gasteiger partial charge >= 0.3 is 0 Å². The van der Waals surface area contributed by atoms with E-state index >= 15 is 0 Å². The fourth-order valence-electron chi connectivity index (χ4n) is 3.36. The first kappa shape index (κ1) is 21.7. The van der Waals surface area contributed by atoms with Crippen LogP contribution in [0, 0.1) is 11.8 Å². The molecule has 2 aromatic carbocycles. The highest BCUT2D eigenvalue weighted by molar-refractivity contribution is 7.89. The topological polar surface area (TPSA) is 72.0 Å². The molecule has 0 amide bonds. The van der Waals surface area contributed by atoms with Crippen molar-refractivity contribution in [2.75, 3.05) is 0 Å². The Morgan fingerprint density at radius 1 is 0.906 bits per heavy atom. The van der Waals surface area contributed by atoms with Gasteiger partial charge in [-0.1, -0.05) is 43.5 Å². The second kappa shape index (κ2) is 9.73. The van der Waals surface area contributed by atoms with E-state index in [1.165, 1.54) is 0 Å². The Bertz CT molecular complexity index is 1400. The molecular weight excluding hydrogens is 418 g/mol. The molecule has 4 rings (SSSR count). The fraction of sp³-hybridized carbons (Fsp3) is 0.154. The Labute approximate surface area is 188 Å². The number of rotatable bonds is 6. The average Bonchev–Trinajstić information content (AvgIpc) is 2.82. The zero-order valence-corrected chi connectivity index (χ0v) is 18.6. The lowest BCUT2D eigenvalue weighted by atomic mass is 10.1. The summed E-state index contributed by atoms with van der Waals surface area (Å²) in [4.78, 5) is 9.04. The van der Waals surface area contributed by atoms with E-state index in [2.05, 4.69) is 33.5 Å². The third kappa shape index (κ3) is 5.20. The molecule has 5 nitrogen and oxygen atoms in total. The van der Waals surface area contributed by atoms with Crippen molar-refractivity contribution >= 4 is 20.9 Å². The van der Waals surface area contributed by atoms with E-state index in [0.717, 1.165) is 40.6 Å². The summed E-state index contributed by atoms with van der Waals surface area (Å²) in [6, 6.07) is 21.9. The van der Waals surface area contributed by atoms with Crippen molar-refractivity contribution in [1.82, 2.24) is 14.7 Å². The predicted molar refractivity (Wildman–Crippen MR) is 126 cm³/mol. The molecule has 0 fully saturated rings. The number of nitrogens with zero attached hydrogens (tertiary/aromatic N) is 2. The second-order valence-corrected chi connectivity index (χ2v) is 9.12. The molecule has 0 aliphatic carbocycles. The Morgan fingerprint density at radius 2 is 1.72 bits per heavy atom. The molecule has 0 saturated heterocycles. The van der Waals surface area contributed by atoms with Gasteiger partial charge in [0.2, 0.25) is 10.0 Å². The summed E-state index contributed by atoms with van der Waals surface area (Å²) in [5.74, 6) is 6.10. The zero-order valence-electron chi connectivity index (χ0n) is 17.7. The molecule has 0 atom stereocenters. The molecule has 160 valence electrons. The highest BCUT2D eigenvalue weighted by Crippen LogP contribution is 2.17. The Hall–Kier alpha value is -3.53. The first-order valence-electron chi connectivity index (χ1n) is 10.5. The molecule has 0 aliphatic heterocycles. The molecule has 2 aromatic heterocycles. The molecule has 0 spiro atoms. The molecule has 0 radical (unpaired) electrons. The van der Waals surface area contributed by atoms with Crippen LogP contribution in [0.3, 0.4) is 0 Å². The largest absolute Gasteiger partial charge is 0.256 e. The molecule has 1 N–H and O–H groups in total. The monoisotopic (exact) mass is 441 g/mol. The van der Waals surface area contributed by atoms with Crippen LogP contribution >= 0.6 is 0 Å². The number of nitrogens with one attached hydrogen (secondary N) is 1.